The first kappa shape index (κ1) is 18.1. The molecular weight excluding hydrogens is 352 g/mol. The van der Waals surface area contributed by atoms with Crippen molar-refractivity contribution in [2.24, 2.45) is 11.5 Å². The lowest BCUT2D eigenvalue weighted by atomic mass is 9.67. The van der Waals surface area contributed by atoms with E-state index in [9.17, 15) is 0 Å². The van der Waals surface area contributed by atoms with E-state index in [-0.39, 0.29) is 5.41 Å². The van der Waals surface area contributed by atoms with E-state index in [1.807, 2.05) is 0 Å². The molecule has 5 rings (SSSR count). The van der Waals surface area contributed by atoms with E-state index in [4.69, 9.17) is 11.5 Å². The highest BCUT2D eigenvalue weighted by Gasteiger charge is 2.37. The second-order valence-corrected chi connectivity index (χ2v) is 8.13. The first-order valence-corrected chi connectivity index (χ1v) is 10.3. The Labute approximate surface area is 172 Å². The van der Waals surface area contributed by atoms with Crippen molar-refractivity contribution in [2.75, 3.05) is 0 Å². The molecule has 29 heavy (non-hydrogen) atoms. The van der Waals surface area contributed by atoms with E-state index in [1.54, 1.807) is 0 Å². The van der Waals surface area contributed by atoms with E-state index in [1.165, 1.54) is 33.4 Å². The molecule has 2 heteroatoms. The molecule has 0 saturated carbocycles. The lowest BCUT2D eigenvalue weighted by molar-refractivity contribution is 0.622. The van der Waals surface area contributed by atoms with Gasteiger partial charge in [0.25, 0.3) is 0 Å². The number of fused-ring (bicyclic) bond motifs is 2. The SMILES string of the molecule is NCc1ccc(C2(c3ccc(CN)cc3)C=CC3=C(Cc4ccccc43)C2)cc1. The maximum absolute atomic E-state index is 5.84. The zero-order valence-corrected chi connectivity index (χ0v) is 16.6. The Balaban J connectivity index is 1.62. The molecule has 0 bridgehead atoms. The Kier molecular flexibility index (Phi) is 4.46. The van der Waals surface area contributed by atoms with Crippen LogP contribution in [-0.4, -0.2) is 0 Å². The Hall–Kier alpha value is -2.94. The van der Waals surface area contributed by atoms with Crippen LogP contribution in [-0.2, 0) is 24.9 Å². The molecule has 0 atom stereocenters. The molecule has 4 N–H and O–H groups in total. The largest absolute Gasteiger partial charge is 0.326 e. The van der Waals surface area contributed by atoms with Gasteiger partial charge in [-0.15, -0.1) is 0 Å². The van der Waals surface area contributed by atoms with Crippen molar-refractivity contribution in [2.45, 2.75) is 31.3 Å². The van der Waals surface area contributed by atoms with Crippen LogP contribution in [0.25, 0.3) is 5.57 Å². The predicted molar refractivity (Wildman–Crippen MR) is 120 cm³/mol. The minimum atomic E-state index is -0.166. The Morgan fingerprint density at radius 3 is 1.90 bits per heavy atom. The van der Waals surface area contributed by atoms with Gasteiger partial charge >= 0.3 is 0 Å². The van der Waals surface area contributed by atoms with E-state index >= 15 is 0 Å². The van der Waals surface area contributed by atoms with E-state index in [2.05, 4.69) is 84.9 Å². The Morgan fingerprint density at radius 1 is 0.724 bits per heavy atom. The van der Waals surface area contributed by atoms with Crippen LogP contribution in [0.2, 0.25) is 0 Å². The van der Waals surface area contributed by atoms with Crippen molar-refractivity contribution in [3.63, 3.8) is 0 Å². The van der Waals surface area contributed by atoms with Crippen LogP contribution in [0.15, 0.2) is 90.5 Å². The lowest BCUT2D eigenvalue weighted by Crippen LogP contribution is -2.28. The van der Waals surface area contributed by atoms with Gasteiger partial charge < -0.3 is 11.5 Å². The van der Waals surface area contributed by atoms with Crippen molar-refractivity contribution < 1.29 is 0 Å². The monoisotopic (exact) mass is 378 g/mol. The molecule has 0 amide bonds. The molecule has 0 radical (unpaired) electrons. The van der Waals surface area contributed by atoms with Crippen LogP contribution in [0.1, 0.15) is 39.8 Å². The smallest absolute Gasteiger partial charge is 0.0422 e. The summed E-state index contributed by atoms with van der Waals surface area (Å²) in [5.74, 6) is 0. The number of rotatable bonds is 4. The normalized spacial score (nSPS) is 16.6. The average Bonchev–Trinajstić information content (AvgIpc) is 3.16. The summed E-state index contributed by atoms with van der Waals surface area (Å²) < 4.78 is 0. The molecule has 144 valence electrons. The minimum Gasteiger partial charge on any atom is -0.326 e. The highest BCUT2D eigenvalue weighted by molar-refractivity contribution is 5.85. The summed E-state index contributed by atoms with van der Waals surface area (Å²) in [5.41, 5.74) is 22.2. The fourth-order valence-corrected chi connectivity index (χ4v) is 4.88. The molecule has 0 spiro atoms. The summed E-state index contributed by atoms with van der Waals surface area (Å²) >= 11 is 0. The van der Waals surface area contributed by atoms with Crippen molar-refractivity contribution in [3.8, 4) is 0 Å². The first-order valence-electron chi connectivity index (χ1n) is 10.3. The third kappa shape index (κ3) is 2.96. The van der Waals surface area contributed by atoms with Crippen LogP contribution in [0, 0.1) is 0 Å². The molecule has 0 saturated heterocycles. The first-order chi connectivity index (χ1) is 14.2. The van der Waals surface area contributed by atoms with Gasteiger partial charge in [-0.25, -0.2) is 0 Å². The van der Waals surface area contributed by atoms with Crippen molar-refractivity contribution in [1.82, 2.24) is 0 Å². The van der Waals surface area contributed by atoms with Crippen LogP contribution >= 0.6 is 0 Å². The van der Waals surface area contributed by atoms with Gasteiger partial charge in [-0.3, -0.25) is 0 Å². The molecule has 2 nitrogen and oxygen atoms in total. The highest BCUT2D eigenvalue weighted by atomic mass is 14.5. The van der Waals surface area contributed by atoms with Crippen molar-refractivity contribution >= 4 is 5.57 Å². The van der Waals surface area contributed by atoms with Gasteiger partial charge in [0.15, 0.2) is 0 Å². The molecule has 0 aromatic heterocycles. The molecule has 2 aliphatic carbocycles. The molecular formula is C27H26N2. The minimum absolute atomic E-state index is 0.166. The Morgan fingerprint density at radius 2 is 1.31 bits per heavy atom. The zero-order chi connectivity index (χ0) is 19.8. The summed E-state index contributed by atoms with van der Waals surface area (Å²) in [7, 11) is 0. The fraction of sp³-hybridized carbons (Fsp3) is 0.185. The van der Waals surface area contributed by atoms with Crippen molar-refractivity contribution in [3.05, 3.63) is 124 Å². The van der Waals surface area contributed by atoms with Gasteiger partial charge in [0.2, 0.25) is 0 Å². The molecule has 0 fully saturated rings. The van der Waals surface area contributed by atoms with Crippen LogP contribution < -0.4 is 11.5 Å². The predicted octanol–water partition coefficient (Wildman–Crippen LogP) is 4.86. The van der Waals surface area contributed by atoms with Gasteiger partial charge in [0.1, 0.15) is 0 Å². The number of hydrogen-bond acceptors (Lipinski definition) is 2. The van der Waals surface area contributed by atoms with Gasteiger partial charge in [-0.05, 0) is 51.8 Å². The van der Waals surface area contributed by atoms with Crippen LogP contribution in [0.3, 0.4) is 0 Å². The molecule has 3 aromatic rings. The lowest BCUT2D eigenvalue weighted by Gasteiger charge is -2.36. The summed E-state index contributed by atoms with van der Waals surface area (Å²) in [4.78, 5) is 0. The van der Waals surface area contributed by atoms with E-state index in [0.29, 0.717) is 13.1 Å². The summed E-state index contributed by atoms with van der Waals surface area (Å²) in [6.07, 6.45) is 6.79. The highest BCUT2D eigenvalue weighted by Crippen LogP contribution is 2.48. The second kappa shape index (κ2) is 7.14. The summed E-state index contributed by atoms with van der Waals surface area (Å²) in [6, 6.07) is 26.4. The van der Waals surface area contributed by atoms with Gasteiger partial charge in [0, 0.05) is 18.5 Å². The molecule has 0 aliphatic heterocycles. The third-order valence-corrected chi connectivity index (χ3v) is 6.53. The average molecular weight is 379 g/mol. The summed E-state index contributed by atoms with van der Waals surface area (Å²) in [6.45, 7) is 1.14. The summed E-state index contributed by atoms with van der Waals surface area (Å²) in [5, 5.41) is 0. The number of nitrogens with two attached hydrogens (primary N) is 2. The van der Waals surface area contributed by atoms with Crippen molar-refractivity contribution in [1.29, 1.82) is 0 Å². The van der Waals surface area contributed by atoms with Gasteiger partial charge in [-0.2, -0.15) is 0 Å². The zero-order valence-electron chi connectivity index (χ0n) is 16.6. The maximum Gasteiger partial charge on any atom is 0.0422 e. The Bertz CT molecular complexity index is 1050. The number of benzene rings is 3. The van der Waals surface area contributed by atoms with Crippen LogP contribution in [0.5, 0.6) is 0 Å². The van der Waals surface area contributed by atoms with E-state index in [0.717, 1.165) is 24.0 Å². The number of allylic oxidation sites excluding steroid dienone is 4. The molecule has 0 heterocycles. The van der Waals surface area contributed by atoms with Gasteiger partial charge in [-0.1, -0.05) is 90.5 Å². The van der Waals surface area contributed by atoms with Crippen LogP contribution in [0.4, 0.5) is 0 Å². The van der Waals surface area contributed by atoms with Gasteiger partial charge in [0.05, 0.1) is 0 Å². The quantitative estimate of drug-likeness (QED) is 0.681. The third-order valence-electron chi connectivity index (χ3n) is 6.53. The molecule has 0 unspecified atom stereocenters. The maximum atomic E-state index is 5.84. The molecule has 3 aromatic carbocycles. The standard InChI is InChI=1S/C27H26N2/c28-17-19-5-9-23(10-6-19)27(24-11-7-20(18-29)8-12-24)14-13-26-22(16-27)15-21-3-1-2-4-25(21)26/h1-14H,15-18,28-29H2. The second-order valence-electron chi connectivity index (χ2n) is 8.13. The van der Waals surface area contributed by atoms with E-state index < -0.39 is 0 Å². The molecule has 2 aliphatic rings. The number of hydrogen-bond donors (Lipinski definition) is 2. The fourth-order valence-electron chi connectivity index (χ4n) is 4.88. The topological polar surface area (TPSA) is 52.0 Å².